The highest BCUT2D eigenvalue weighted by molar-refractivity contribution is 6.03. The van der Waals surface area contributed by atoms with Crippen molar-refractivity contribution in [3.63, 3.8) is 0 Å². The summed E-state index contributed by atoms with van der Waals surface area (Å²) < 4.78 is 0. The van der Waals surface area contributed by atoms with E-state index in [9.17, 15) is 9.59 Å². The number of hydrogen-bond donors (Lipinski definition) is 3. The van der Waals surface area contributed by atoms with Crippen molar-refractivity contribution in [1.82, 2.24) is 10.4 Å². The second kappa shape index (κ2) is 12.9. The standard InChI is InChI=1S/C28H38N4O2/c1-21(2)32(31-24-10-6-4-3-5-7-11-24)28(34)20-23-16-14-22(15-17-23)18-19-27(33)30-26-13-9-8-12-25(26)29/h8-9,12-19,21,24,31H,3-7,10-11,20,29H2,1-2H3,(H,30,33). The molecule has 3 rings (SSSR count). The van der Waals surface area contributed by atoms with Crippen LogP contribution in [0.4, 0.5) is 11.4 Å². The number of nitrogens with zero attached hydrogens (tertiary/aromatic N) is 1. The van der Waals surface area contributed by atoms with Gasteiger partial charge in [0, 0.05) is 18.2 Å². The van der Waals surface area contributed by atoms with Crippen LogP contribution in [0.15, 0.2) is 54.6 Å². The lowest BCUT2D eigenvalue weighted by atomic mass is 9.97. The Hall–Kier alpha value is -3.12. The molecule has 2 amide bonds. The summed E-state index contributed by atoms with van der Waals surface area (Å²) in [7, 11) is 0. The number of hydrazine groups is 1. The third-order valence-electron chi connectivity index (χ3n) is 6.19. The second-order valence-corrected chi connectivity index (χ2v) is 9.36. The predicted octanol–water partition coefficient (Wildman–Crippen LogP) is 5.32. The number of nitrogens with two attached hydrogens (primary N) is 1. The quantitative estimate of drug-likeness (QED) is 0.282. The van der Waals surface area contributed by atoms with Gasteiger partial charge in [-0.15, -0.1) is 0 Å². The van der Waals surface area contributed by atoms with E-state index in [1.54, 1.807) is 18.2 Å². The Morgan fingerprint density at radius 3 is 2.29 bits per heavy atom. The third kappa shape index (κ3) is 8.03. The van der Waals surface area contributed by atoms with Crippen molar-refractivity contribution < 1.29 is 9.59 Å². The van der Waals surface area contributed by atoms with Crippen molar-refractivity contribution >= 4 is 29.3 Å². The first-order chi connectivity index (χ1) is 16.4. The Labute approximate surface area is 203 Å². The molecule has 2 aromatic carbocycles. The summed E-state index contributed by atoms with van der Waals surface area (Å²) in [5.41, 5.74) is 12.4. The molecule has 0 aromatic heterocycles. The summed E-state index contributed by atoms with van der Waals surface area (Å²) >= 11 is 0. The van der Waals surface area contributed by atoms with Gasteiger partial charge in [-0.1, -0.05) is 68.5 Å². The number of para-hydroxylation sites is 2. The minimum absolute atomic E-state index is 0.0835. The normalized spacial score (nSPS) is 15.1. The number of nitrogens with one attached hydrogen (secondary N) is 2. The summed E-state index contributed by atoms with van der Waals surface area (Å²) in [6.45, 7) is 4.10. The number of carbonyl (C=O) groups is 2. The molecule has 0 spiro atoms. The highest BCUT2D eigenvalue weighted by Gasteiger charge is 2.21. The average molecular weight is 463 g/mol. The van der Waals surface area contributed by atoms with E-state index in [1.807, 2.05) is 41.4 Å². The summed E-state index contributed by atoms with van der Waals surface area (Å²) in [5.74, 6) is -0.162. The van der Waals surface area contributed by atoms with E-state index in [0.29, 0.717) is 23.8 Å². The van der Waals surface area contributed by atoms with E-state index in [-0.39, 0.29) is 17.9 Å². The van der Waals surface area contributed by atoms with Crippen molar-refractivity contribution in [2.45, 2.75) is 77.3 Å². The molecular weight excluding hydrogens is 424 g/mol. The van der Waals surface area contributed by atoms with E-state index >= 15 is 0 Å². The van der Waals surface area contributed by atoms with Crippen LogP contribution >= 0.6 is 0 Å². The Balaban J connectivity index is 1.54. The molecule has 0 bridgehead atoms. The van der Waals surface area contributed by atoms with Gasteiger partial charge in [0.05, 0.1) is 17.8 Å². The van der Waals surface area contributed by atoms with Crippen molar-refractivity contribution in [3.8, 4) is 0 Å². The first kappa shape index (κ1) is 25.5. The van der Waals surface area contributed by atoms with Gasteiger partial charge in [-0.3, -0.25) is 14.6 Å². The van der Waals surface area contributed by atoms with E-state index in [4.69, 9.17) is 5.73 Å². The van der Waals surface area contributed by atoms with Gasteiger partial charge >= 0.3 is 0 Å². The molecular formula is C28H38N4O2. The van der Waals surface area contributed by atoms with E-state index in [0.717, 1.165) is 24.0 Å². The molecule has 0 saturated heterocycles. The zero-order chi connectivity index (χ0) is 24.3. The fourth-order valence-electron chi connectivity index (χ4n) is 4.25. The zero-order valence-electron chi connectivity index (χ0n) is 20.4. The number of rotatable bonds is 8. The lowest BCUT2D eigenvalue weighted by molar-refractivity contribution is -0.136. The van der Waals surface area contributed by atoms with Gasteiger partial charge in [0.2, 0.25) is 11.8 Å². The zero-order valence-corrected chi connectivity index (χ0v) is 20.4. The van der Waals surface area contributed by atoms with Crippen molar-refractivity contribution in [2.75, 3.05) is 11.1 Å². The van der Waals surface area contributed by atoms with Crippen molar-refractivity contribution in [3.05, 3.63) is 65.7 Å². The minimum Gasteiger partial charge on any atom is -0.397 e. The molecule has 0 heterocycles. The lowest BCUT2D eigenvalue weighted by Gasteiger charge is -2.33. The topological polar surface area (TPSA) is 87.5 Å². The Morgan fingerprint density at radius 2 is 1.65 bits per heavy atom. The molecule has 1 saturated carbocycles. The molecule has 182 valence electrons. The Morgan fingerprint density at radius 1 is 1.00 bits per heavy atom. The largest absolute Gasteiger partial charge is 0.397 e. The fourth-order valence-corrected chi connectivity index (χ4v) is 4.25. The highest BCUT2D eigenvalue weighted by atomic mass is 16.2. The number of amides is 2. The smallest absolute Gasteiger partial charge is 0.248 e. The van der Waals surface area contributed by atoms with Gasteiger partial charge in [-0.05, 0) is 56.0 Å². The van der Waals surface area contributed by atoms with Gasteiger partial charge in [0.15, 0.2) is 0 Å². The maximum absolute atomic E-state index is 13.1. The molecule has 6 nitrogen and oxygen atoms in total. The summed E-state index contributed by atoms with van der Waals surface area (Å²) in [6.07, 6.45) is 12.2. The molecule has 0 radical (unpaired) electrons. The van der Waals surface area contributed by atoms with Crippen LogP contribution in [0.25, 0.3) is 6.08 Å². The second-order valence-electron chi connectivity index (χ2n) is 9.36. The minimum atomic E-state index is -0.245. The predicted molar refractivity (Wildman–Crippen MR) is 140 cm³/mol. The molecule has 4 N–H and O–H groups in total. The summed E-state index contributed by atoms with van der Waals surface area (Å²) in [4.78, 5) is 25.3. The number of hydrogen-bond acceptors (Lipinski definition) is 4. The fraction of sp³-hybridized carbons (Fsp3) is 0.429. The first-order valence-corrected chi connectivity index (χ1v) is 12.4. The van der Waals surface area contributed by atoms with Gasteiger partial charge in [0.25, 0.3) is 0 Å². The molecule has 0 atom stereocenters. The number of benzene rings is 2. The molecule has 1 aliphatic carbocycles. The van der Waals surface area contributed by atoms with Gasteiger partial charge in [-0.2, -0.15) is 0 Å². The third-order valence-corrected chi connectivity index (χ3v) is 6.19. The molecule has 34 heavy (non-hydrogen) atoms. The van der Waals surface area contributed by atoms with Crippen LogP contribution in [-0.4, -0.2) is 28.9 Å². The lowest BCUT2D eigenvalue weighted by Crippen LogP contribution is -2.52. The maximum atomic E-state index is 13.1. The molecule has 0 unspecified atom stereocenters. The van der Waals surface area contributed by atoms with Gasteiger partial charge in [0.1, 0.15) is 0 Å². The van der Waals surface area contributed by atoms with Crippen molar-refractivity contribution in [2.24, 2.45) is 0 Å². The maximum Gasteiger partial charge on any atom is 0.248 e. The number of anilines is 2. The van der Waals surface area contributed by atoms with Gasteiger partial charge in [-0.25, -0.2) is 5.43 Å². The van der Waals surface area contributed by atoms with Crippen LogP contribution in [0.5, 0.6) is 0 Å². The number of nitrogen functional groups attached to an aromatic ring is 1. The van der Waals surface area contributed by atoms with E-state index < -0.39 is 0 Å². The SMILES string of the molecule is CC(C)N(NC1CCCCCCC1)C(=O)Cc1ccc(C=CC(=O)Nc2ccccc2N)cc1. The van der Waals surface area contributed by atoms with Gasteiger partial charge < -0.3 is 11.1 Å². The molecule has 2 aromatic rings. The average Bonchev–Trinajstić information content (AvgIpc) is 2.79. The van der Waals surface area contributed by atoms with Crippen LogP contribution < -0.4 is 16.5 Å². The number of carbonyl (C=O) groups excluding carboxylic acids is 2. The van der Waals surface area contributed by atoms with Crippen LogP contribution in [0, 0.1) is 0 Å². The Bertz CT molecular complexity index is 961. The Kier molecular flexibility index (Phi) is 9.71. The monoisotopic (exact) mass is 462 g/mol. The van der Waals surface area contributed by atoms with Crippen LogP contribution in [-0.2, 0) is 16.0 Å². The van der Waals surface area contributed by atoms with Crippen molar-refractivity contribution in [1.29, 1.82) is 0 Å². The first-order valence-electron chi connectivity index (χ1n) is 12.4. The molecule has 0 aliphatic heterocycles. The van der Waals surface area contributed by atoms with Crippen LogP contribution in [0.1, 0.15) is 69.9 Å². The van der Waals surface area contributed by atoms with E-state index in [1.165, 1.54) is 38.2 Å². The van der Waals surface area contributed by atoms with Crippen LogP contribution in [0.3, 0.4) is 0 Å². The molecule has 1 aliphatic rings. The summed E-state index contributed by atoms with van der Waals surface area (Å²) in [6, 6.07) is 15.3. The summed E-state index contributed by atoms with van der Waals surface area (Å²) in [5, 5.41) is 4.59. The molecule has 6 heteroatoms. The van der Waals surface area contributed by atoms with Crippen LogP contribution in [0.2, 0.25) is 0 Å². The van der Waals surface area contributed by atoms with E-state index in [2.05, 4.69) is 24.6 Å². The highest BCUT2D eigenvalue weighted by Crippen LogP contribution is 2.19. The molecule has 1 fully saturated rings.